The van der Waals surface area contributed by atoms with Crippen LogP contribution in [0.25, 0.3) is 0 Å². The molecule has 0 bridgehead atoms. The van der Waals surface area contributed by atoms with Gasteiger partial charge in [-0.15, -0.1) is 0 Å². The van der Waals surface area contributed by atoms with E-state index in [2.05, 4.69) is 10.6 Å². The van der Waals surface area contributed by atoms with Gasteiger partial charge in [-0.3, -0.25) is 9.59 Å². The topological polar surface area (TPSA) is 76.7 Å². The van der Waals surface area contributed by atoms with Crippen molar-refractivity contribution < 1.29 is 19.1 Å². The number of methoxy groups -OCH3 is 2. The van der Waals surface area contributed by atoms with Gasteiger partial charge in [0, 0.05) is 28.9 Å². The third kappa shape index (κ3) is 5.27. The van der Waals surface area contributed by atoms with Crippen molar-refractivity contribution >= 4 is 40.7 Å². The van der Waals surface area contributed by atoms with Gasteiger partial charge in [0.1, 0.15) is 11.5 Å². The van der Waals surface area contributed by atoms with Crippen molar-refractivity contribution in [3.05, 3.63) is 52.0 Å². The number of hydrogen-bond acceptors (Lipinski definition) is 4. The van der Waals surface area contributed by atoms with Crippen molar-refractivity contribution in [3.63, 3.8) is 0 Å². The van der Waals surface area contributed by atoms with E-state index in [-0.39, 0.29) is 17.1 Å². The van der Waals surface area contributed by atoms with Crippen molar-refractivity contribution in [2.45, 2.75) is 0 Å². The summed E-state index contributed by atoms with van der Waals surface area (Å²) in [7, 11) is 3.02. The Morgan fingerprint density at radius 3 is 2.20 bits per heavy atom. The van der Waals surface area contributed by atoms with Crippen LogP contribution >= 0.6 is 23.2 Å². The predicted molar refractivity (Wildman–Crippen MR) is 97.0 cm³/mol. The molecule has 0 saturated heterocycles. The molecule has 6 nitrogen and oxygen atoms in total. The first-order valence-electron chi connectivity index (χ1n) is 7.19. The lowest BCUT2D eigenvalue weighted by molar-refractivity contribution is -0.115. The molecule has 2 aromatic rings. The van der Waals surface area contributed by atoms with Crippen LogP contribution in [0.3, 0.4) is 0 Å². The Hall–Kier alpha value is -2.44. The number of anilines is 1. The van der Waals surface area contributed by atoms with Crippen LogP contribution in [0.15, 0.2) is 36.4 Å². The Bertz CT molecular complexity index is 774. The van der Waals surface area contributed by atoms with Gasteiger partial charge in [-0.2, -0.15) is 0 Å². The summed E-state index contributed by atoms with van der Waals surface area (Å²) in [6, 6.07) is 9.45. The number of benzene rings is 2. The van der Waals surface area contributed by atoms with E-state index in [0.717, 1.165) is 0 Å². The molecule has 25 heavy (non-hydrogen) atoms. The highest BCUT2D eigenvalue weighted by molar-refractivity contribution is 6.36. The van der Waals surface area contributed by atoms with Gasteiger partial charge in [-0.1, -0.05) is 23.2 Å². The summed E-state index contributed by atoms with van der Waals surface area (Å²) in [5.41, 5.74) is 0.724. The monoisotopic (exact) mass is 382 g/mol. The van der Waals surface area contributed by atoms with Crippen LogP contribution in [0, 0.1) is 0 Å². The molecule has 0 aliphatic heterocycles. The fourth-order valence-electron chi connectivity index (χ4n) is 2.01. The lowest BCUT2D eigenvalue weighted by Crippen LogP contribution is -2.33. The van der Waals surface area contributed by atoms with E-state index in [1.807, 2.05) is 0 Å². The number of amides is 2. The van der Waals surface area contributed by atoms with E-state index in [1.165, 1.54) is 26.4 Å². The molecule has 0 aromatic heterocycles. The molecule has 0 fully saturated rings. The maximum Gasteiger partial charge on any atom is 0.253 e. The van der Waals surface area contributed by atoms with Gasteiger partial charge >= 0.3 is 0 Å². The van der Waals surface area contributed by atoms with Crippen LogP contribution < -0.4 is 20.1 Å². The Kier molecular flexibility index (Phi) is 6.50. The van der Waals surface area contributed by atoms with Gasteiger partial charge < -0.3 is 20.1 Å². The van der Waals surface area contributed by atoms with E-state index in [1.54, 1.807) is 24.3 Å². The van der Waals surface area contributed by atoms with Gasteiger partial charge in [0.15, 0.2) is 0 Å². The molecule has 0 unspecified atom stereocenters. The lowest BCUT2D eigenvalue weighted by Gasteiger charge is -2.11. The van der Waals surface area contributed by atoms with Crippen molar-refractivity contribution in [2.75, 3.05) is 26.1 Å². The van der Waals surface area contributed by atoms with Crippen molar-refractivity contribution in [2.24, 2.45) is 0 Å². The molecule has 2 rings (SSSR count). The molecule has 0 aliphatic carbocycles. The van der Waals surface area contributed by atoms with Gasteiger partial charge in [-0.05, 0) is 18.2 Å². The van der Waals surface area contributed by atoms with Crippen LogP contribution in [0.5, 0.6) is 11.5 Å². The number of carbonyl (C=O) groups excluding carboxylic acids is 2. The average Bonchev–Trinajstić information content (AvgIpc) is 2.59. The van der Waals surface area contributed by atoms with Gasteiger partial charge in [0.2, 0.25) is 5.91 Å². The fraction of sp³-hybridized carbons (Fsp3) is 0.176. The van der Waals surface area contributed by atoms with Crippen LogP contribution in [0.4, 0.5) is 5.69 Å². The Morgan fingerprint density at radius 1 is 1.00 bits per heavy atom. The van der Waals surface area contributed by atoms with Crippen LogP contribution in [0.1, 0.15) is 10.4 Å². The van der Waals surface area contributed by atoms with Crippen molar-refractivity contribution in [1.29, 1.82) is 0 Å². The summed E-state index contributed by atoms with van der Waals surface area (Å²) in [4.78, 5) is 24.1. The minimum Gasteiger partial charge on any atom is -0.497 e. The minimum atomic E-state index is -0.472. The smallest absolute Gasteiger partial charge is 0.253 e. The summed E-state index contributed by atoms with van der Waals surface area (Å²) < 4.78 is 10.3. The first-order chi connectivity index (χ1) is 11.9. The molecule has 2 aromatic carbocycles. The molecule has 0 aliphatic rings. The van der Waals surface area contributed by atoms with Gasteiger partial charge in [-0.25, -0.2) is 0 Å². The molecule has 132 valence electrons. The fourth-order valence-corrected chi connectivity index (χ4v) is 2.51. The number of ether oxygens (including phenoxy) is 2. The number of halogens is 2. The minimum absolute atomic E-state index is 0.211. The summed E-state index contributed by atoms with van der Waals surface area (Å²) in [6.07, 6.45) is 0. The molecule has 0 heterocycles. The molecule has 0 saturated carbocycles. The highest BCUT2D eigenvalue weighted by atomic mass is 35.5. The molecule has 2 amide bonds. The molecule has 2 N–H and O–H groups in total. The van der Waals surface area contributed by atoms with E-state index in [4.69, 9.17) is 32.7 Å². The SMILES string of the molecule is COc1cc(NC(=O)CNC(=O)c2ccc(Cl)cc2Cl)cc(OC)c1. The molecule has 8 heteroatoms. The number of rotatable bonds is 6. The average molecular weight is 383 g/mol. The molecule has 0 atom stereocenters. The maximum absolute atomic E-state index is 12.1. The molecule has 0 radical (unpaired) electrons. The van der Waals surface area contributed by atoms with E-state index >= 15 is 0 Å². The normalized spacial score (nSPS) is 10.1. The van der Waals surface area contributed by atoms with Crippen molar-refractivity contribution in [1.82, 2.24) is 5.32 Å². The largest absolute Gasteiger partial charge is 0.497 e. The third-order valence-corrected chi connectivity index (χ3v) is 3.77. The summed E-state index contributed by atoms with van der Waals surface area (Å²) in [6.45, 7) is -0.225. The zero-order valence-electron chi connectivity index (χ0n) is 13.6. The zero-order valence-corrected chi connectivity index (χ0v) is 15.1. The van der Waals surface area contributed by atoms with E-state index in [9.17, 15) is 9.59 Å². The predicted octanol–water partition coefficient (Wildman–Crippen LogP) is 3.38. The van der Waals surface area contributed by atoms with E-state index < -0.39 is 11.8 Å². The zero-order chi connectivity index (χ0) is 18.4. The highest BCUT2D eigenvalue weighted by Gasteiger charge is 2.12. The second-order valence-electron chi connectivity index (χ2n) is 4.96. The second kappa shape index (κ2) is 8.60. The van der Waals surface area contributed by atoms with Crippen LogP contribution in [0.2, 0.25) is 10.0 Å². The highest BCUT2D eigenvalue weighted by Crippen LogP contribution is 2.25. The number of hydrogen-bond donors (Lipinski definition) is 2. The van der Waals surface area contributed by atoms with E-state index in [0.29, 0.717) is 22.2 Å². The van der Waals surface area contributed by atoms with Crippen LogP contribution in [-0.4, -0.2) is 32.6 Å². The third-order valence-electron chi connectivity index (χ3n) is 3.22. The lowest BCUT2D eigenvalue weighted by atomic mass is 10.2. The quantitative estimate of drug-likeness (QED) is 0.802. The van der Waals surface area contributed by atoms with Gasteiger partial charge in [0.25, 0.3) is 5.91 Å². The van der Waals surface area contributed by atoms with Crippen molar-refractivity contribution in [3.8, 4) is 11.5 Å². The molecular weight excluding hydrogens is 367 g/mol. The number of carbonyl (C=O) groups is 2. The maximum atomic E-state index is 12.1. The first kappa shape index (κ1) is 18.9. The summed E-state index contributed by atoms with van der Waals surface area (Å²) in [5.74, 6) is 0.187. The first-order valence-corrected chi connectivity index (χ1v) is 7.94. The second-order valence-corrected chi connectivity index (χ2v) is 5.80. The summed E-state index contributed by atoms with van der Waals surface area (Å²) >= 11 is 11.8. The van der Waals surface area contributed by atoms with Crippen LogP contribution in [-0.2, 0) is 4.79 Å². The molecule has 0 spiro atoms. The molecular formula is C17H16Cl2N2O4. The van der Waals surface area contributed by atoms with Gasteiger partial charge in [0.05, 0.1) is 31.4 Å². The Balaban J connectivity index is 1.97. The number of nitrogens with one attached hydrogen (secondary N) is 2. The summed E-state index contributed by atoms with van der Waals surface area (Å²) in [5, 5.41) is 5.78. The Morgan fingerprint density at radius 2 is 1.64 bits per heavy atom. The standard InChI is InChI=1S/C17H16Cl2N2O4/c1-24-12-6-11(7-13(8-12)25-2)21-16(22)9-20-17(23)14-4-3-10(18)5-15(14)19/h3-8H,9H2,1-2H3,(H,20,23)(H,21,22). The Labute approximate surface area is 155 Å².